The molecule has 0 aliphatic heterocycles. The number of carbonyl (C=O) groups excluding carboxylic acids is 2. The molecule has 0 aromatic heterocycles. The third-order valence-corrected chi connectivity index (χ3v) is 12.0. The second-order valence-corrected chi connectivity index (χ2v) is 17.8. The Kier molecular flexibility index (Phi) is 47.4. The highest BCUT2D eigenvalue weighted by atomic mass is 16.7. The van der Waals surface area contributed by atoms with Gasteiger partial charge >= 0.3 is 11.9 Å². The summed E-state index contributed by atoms with van der Waals surface area (Å²) < 4.78 is 11.6. The van der Waals surface area contributed by atoms with Gasteiger partial charge < -0.3 is 9.47 Å². The van der Waals surface area contributed by atoms with Crippen molar-refractivity contribution in [2.75, 3.05) is 0 Å². The first-order valence-corrected chi connectivity index (χ1v) is 26.0. The zero-order chi connectivity index (χ0) is 40.7. The maximum Gasteiger partial charge on any atom is 0.308 e. The molecule has 0 aromatic rings. The van der Waals surface area contributed by atoms with Crippen molar-refractivity contribution in [3.05, 3.63) is 0 Å². The molecule has 0 spiro atoms. The average molecular weight is 791 g/mol. The van der Waals surface area contributed by atoms with Crippen LogP contribution in [-0.4, -0.2) is 18.2 Å². The lowest BCUT2D eigenvalue weighted by Crippen LogP contribution is -2.24. The largest absolute Gasteiger partial charge is 0.425 e. The molecule has 0 rings (SSSR count). The lowest BCUT2D eigenvalue weighted by molar-refractivity contribution is -0.189. The Bertz CT molecular complexity index is 718. The minimum atomic E-state index is -0.713. The lowest BCUT2D eigenvalue weighted by atomic mass is 10.0. The fourth-order valence-electron chi connectivity index (χ4n) is 8.16. The van der Waals surface area contributed by atoms with Crippen LogP contribution >= 0.6 is 0 Å². The van der Waals surface area contributed by atoms with Crippen molar-refractivity contribution in [1.29, 1.82) is 0 Å². The third-order valence-electron chi connectivity index (χ3n) is 12.0. The minimum Gasteiger partial charge on any atom is -0.425 e. The van der Waals surface area contributed by atoms with Gasteiger partial charge in [0.15, 0.2) is 0 Å². The van der Waals surface area contributed by atoms with Crippen LogP contribution in [0.3, 0.4) is 0 Å². The minimum absolute atomic E-state index is 0.195. The summed E-state index contributed by atoms with van der Waals surface area (Å²) in [6.45, 7) is 6.85. The molecule has 0 heterocycles. The molecule has 334 valence electrons. The molecule has 4 nitrogen and oxygen atoms in total. The smallest absolute Gasteiger partial charge is 0.308 e. The highest BCUT2D eigenvalue weighted by molar-refractivity contribution is 5.71. The molecule has 0 saturated heterocycles. The Labute approximate surface area is 352 Å². The van der Waals surface area contributed by atoms with E-state index in [9.17, 15) is 9.59 Å². The third kappa shape index (κ3) is 45.6. The summed E-state index contributed by atoms with van der Waals surface area (Å²) in [5.41, 5.74) is 0. The van der Waals surface area contributed by atoms with Gasteiger partial charge in [-0.15, -0.1) is 0 Å². The van der Waals surface area contributed by atoms with E-state index in [0.717, 1.165) is 38.5 Å². The normalized spacial score (nSPS) is 11.5. The van der Waals surface area contributed by atoms with E-state index in [1.54, 1.807) is 0 Å². The zero-order valence-electron chi connectivity index (χ0n) is 38.7. The number of esters is 2. The number of unbranched alkanes of at least 4 members (excludes halogenated alkanes) is 40. The molecule has 0 aliphatic carbocycles. The van der Waals surface area contributed by atoms with E-state index in [-0.39, 0.29) is 11.9 Å². The van der Waals surface area contributed by atoms with E-state index < -0.39 is 6.29 Å². The monoisotopic (exact) mass is 791 g/mol. The van der Waals surface area contributed by atoms with E-state index in [1.165, 1.54) is 238 Å². The van der Waals surface area contributed by atoms with Crippen molar-refractivity contribution < 1.29 is 19.1 Å². The molecule has 0 amide bonds. The van der Waals surface area contributed by atoms with E-state index in [4.69, 9.17) is 9.47 Å². The fourth-order valence-corrected chi connectivity index (χ4v) is 8.16. The second-order valence-electron chi connectivity index (χ2n) is 17.8. The first-order valence-electron chi connectivity index (χ1n) is 26.0. The topological polar surface area (TPSA) is 52.6 Å². The van der Waals surface area contributed by atoms with Crippen molar-refractivity contribution in [3.8, 4) is 0 Å². The van der Waals surface area contributed by atoms with E-state index >= 15 is 0 Å². The van der Waals surface area contributed by atoms with Gasteiger partial charge in [-0.25, -0.2) is 0 Å². The SMILES string of the molecule is CCCCCCCCCCCCCCCCCC(=O)OC(CCCCCCCCCCCCCCC)OC(=O)CCCCCCCCCCCCCCCCC. The van der Waals surface area contributed by atoms with Gasteiger partial charge in [-0.2, -0.15) is 0 Å². The molecule has 0 unspecified atom stereocenters. The average Bonchev–Trinajstić information content (AvgIpc) is 3.19. The van der Waals surface area contributed by atoms with Crippen LogP contribution in [0.2, 0.25) is 0 Å². The summed E-state index contributed by atoms with van der Waals surface area (Å²) in [5.74, 6) is -0.390. The predicted octanol–water partition coefficient (Wildman–Crippen LogP) is 18.4. The fraction of sp³-hybridized carbons (Fsp3) is 0.962. The Hall–Kier alpha value is -1.06. The Morgan fingerprint density at radius 2 is 0.446 bits per heavy atom. The van der Waals surface area contributed by atoms with Crippen LogP contribution in [0.15, 0.2) is 0 Å². The Balaban J connectivity index is 4.18. The van der Waals surface area contributed by atoms with Crippen molar-refractivity contribution in [3.63, 3.8) is 0 Å². The van der Waals surface area contributed by atoms with Gasteiger partial charge in [0.1, 0.15) is 0 Å². The van der Waals surface area contributed by atoms with Crippen LogP contribution < -0.4 is 0 Å². The molecule has 0 radical (unpaired) electrons. The van der Waals surface area contributed by atoms with Gasteiger partial charge in [-0.3, -0.25) is 9.59 Å². The number of hydrogen-bond acceptors (Lipinski definition) is 4. The van der Waals surface area contributed by atoms with Crippen LogP contribution in [0, 0.1) is 0 Å². The maximum absolute atomic E-state index is 12.8. The number of rotatable bonds is 48. The summed E-state index contributed by atoms with van der Waals surface area (Å²) in [7, 11) is 0. The predicted molar refractivity (Wildman–Crippen MR) is 245 cm³/mol. The van der Waals surface area contributed by atoms with Crippen LogP contribution in [0.5, 0.6) is 0 Å². The Morgan fingerprint density at radius 3 is 0.661 bits per heavy atom. The molecule has 0 aromatic carbocycles. The maximum atomic E-state index is 12.8. The molecule has 0 atom stereocenters. The first-order chi connectivity index (χ1) is 27.6. The quantitative estimate of drug-likeness (QED) is 0.0350. The van der Waals surface area contributed by atoms with Crippen LogP contribution in [0.25, 0.3) is 0 Å². The number of carbonyl (C=O) groups is 2. The standard InChI is InChI=1S/C52H102O4/c1-4-7-10-13-16-19-22-25-27-30-32-35-38-41-44-47-50(53)55-52(49-46-43-40-37-34-29-24-21-18-15-12-9-6-3)56-51(54)48-45-42-39-36-33-31-28-26-23-20-17-14-11-8-5-2/h52H,4-49H2,1-3H3. The molecular formula is C52H102O4. The van der Waals surface area contributed by atoms with Crippen molar-refractivity contribution >= 4 is 11.9 Å². The summed E-state index contributed by atoms with van der Waals surface area (Å²) in [5, 5.41) is 0. The molecule has 56 heavy (non-hydrogen) atoms. The summed E-state index contributed by atoms with van der Waals surface area (Å²) in [6, 6.07) is 0. The van der Waals surface area contributed by atoms with Crippen molar-refractivity contribution in [2.45, 2.75) is 322 Å². The van der Waals surface area contributed by atoms with Gasteiger partial charge in [0.05, 0.1) is 0 Å². The summed E-state index contributed by atoms with van der Waals surface area (Å²) in [4.78, 5) is 25.6. The van der Waals surface area contributed by atoms with Crippen LogP contribution in [0.4, 0.5) is 0 Å². The summed E-state index contributed by atoms with van der Waals surface area (Å²) >= 11 is 0. The van der Waals surface area contributed by atoms with Gasteiger partial charge in [0.25, 0.3) is 0 Å². The summed E-state index contributed by atoms with van der Waals surface area (Å²) in [6.07, 6.45) is 57.0. The van der Waals surface area contributed by atoms with Gasteiger partial charge in [-0.05, 0) is 19.3 Å². The van der Waals surface area contributed by atoms with Crippen molar-refractivity contribution in [2.24, 2.45) is 0 Å². The van der Waals surface area contributed by atoms with Gasteiger partial charge in [0, 0.05) is 19.3 Å². The van der Waals surface area contributed by atoms with E-state index in [0.29, 0.717) is 19.3 Å². The molecule has 0 bridgehead atoms. The molecule has 0 N–H and O–H groups in total. The van der Waals surface area contributed by atoms with Crippen molar-refractivity contribution in [1.82, 2.24) is 0 Å². The first kappa shape index (κ1) is 54.9. The van der Waals surface area contributed by atoms with E-state index in [1.807, 2.05) is 0 Å². The van der Waals surface area contributed by atoms with Crippen LogP contribution in [0.1, 0.15) is 316 Å². The highest BCUT2D eigenvalue weighted by Gasteiger charge is 2.19. The molecule has 4 heteroatoms. The zero-order valence-corrected chi connectivity index (χ0v) is 38.7. The van der Waals surface area contributed by atoms with Crippen LogP contribution in [-0.2, 0) is 19.1 Å². The molecule has 0 saturated carbocycles. The number of hydrogen-bond donors (Lipinski definition) is 0. The molecule has 0 fully saturated rings. The Morgan fingerprint density at radius 1 is 0.268 bits per heavy atom. The molecule has 0 aliphatic rings. The van der Waals surface area contributed by atoms with E-state index in [2.05, 4.69) is 20.8 Å². The number of ether oxygens (including phenoxy) is 2. The van der Waals surface area contributed by atoms with Gasteiger partial charge in [-0.1, -0.05) is 278 Å². The lowest BCUT2D eigenvalue weighted by Gasteiger charge is -2.18. The second kappa shape index (κ2) is 48.3. The highest BCUT2D eigenvalue weighted by Crippen LogP contribution is 2.19. The molecular weight excluding hydrogens is 689 g/mol. The van der Waals surface area contributed by atoms with Gasteiger partial charge in [0.2, 0.25) is 6.29 Å².